The summed E-state index contributed by atoms with van der Waals surface area (Å²) in [5.41, 5.74) is 0.431. The first-order chi connectivity index (χ1) is 10.9. The Morgan fingerprint density at radius 1 is 1.09 bits per heavy atom. The standard InChI is InChI=1S/C17H21NO5/c1-4-5-6-7-15(21)9-8-14-10-16(22-12(2)19)17(11-18-14)23-13(3)20/h8-11H,4-7H2,1-3H3/b9-8+. The summed E-state index contributed by atoms with van der Waals surface area (Å²) in [5, 5.41) is 0. The molecular formula is C17H21NO5. The molecule has 6 heteroatoms. The van der Waals surface area contributed by atoms with Crippen molar-refractivity contribution in [2.75, 3.05) is 0 Å². The lowest BCUT2D eigenvalue weighted by molar-refractivity contribution is -0.134. The Labute approximate surface area is 135 Å². The van der Waals surface area contributed by atoms with E-state index in [1.54, 1.807) is 6.08 Å². The fourth-order valence-electron chi connectivity index (χ4n) is 1.81. The van der Waals surface area contributed by atoms with E-state index >= 15 is 0 Å². The van der Waals surface area contributed by atoms with Crippen LogP contribution in [0.15, 0.2) is 18.3 Å². The van der Waals surface area contributed by atoms with Crippen molar-refractivity contribution < 1.29 is 23.9 Å². The van der Waals surface area contributed by atoms with Gasteiger partial charge in [-0.15, -0.1) is 0 Å². The van der Waals surface area contributed by atoms with Crippen LogP contribution in [0.5, 0.6) is 11.5 Å². The average Bonchev–Trinajstić information content (AvgIpc) is 2.46. The number of allylic oxidation sites excluding steroid dienone is 1. The number of unbranched alkanes of at least 4 members (excludes halogenated alkanes) is 2. The van der Waals surface area contributed by atoms with Gasteiger partial charge in [0.2, 0.25) is 0 Å². The fourth-order valence-corrected chi connectivity index (χ4v) is 1.81. The first-order valence-electron chi connectivity index (χ1n) is 7.50. The smallest absolute Gasteiger partial charge is 0.308 e. The Hall–Kier alpha value is -2.50. The Bertz CT molecular complexity index is 607. The molecule has 1 heterocycles. The molecule has 0 aromatic carbocycles. The molecule has 1 aromatic rings. The summed E-state index contributed by atoms with van der Waals surface area (Å²) >= 11 is 0. The molecule has 0 radical (unpaired) electrons. The first-order valence-corrected chi connectivity index (χ1v) is 7.50. The predicted octanol–water partition coefficient (Wildman–Crippen LogP) is 3.09. The van der Waals surface area contributed by atoms with Crippen LogP contribution in [0.3, 0.4) is 0 Å². The number of ether oxygens (including phenoxy) is 2. The second-order valence-corrected chi connectivity index (χ2v) is 5.00. The molecule has 0 saturated heterocycles. The summed E-state index contributed by atoms with van der Waals surface area (Å²) in [7, 11) is 0. The van der Waals surface area contributed by atoms with Crippen LogP contribution in [0, 0.1) is 0 Å². The number of carbonyl (C=O) groups is 3. The molecule has 124 valence electrons. The van der Waals surface area contributed by atoms with E-state index in [0.29, 0.717) is 12.1 Å². The van der Waals surface area contributed by atoms with Crippen LogP contribution in [0.1, 0.15) is 52.1 Å². The molecule has 1 rings (SSSR count). The van der Waals surface area contributed by atoms with Crippen LogP contribution in [0.2, 0.25) is 0 Å². The lowest BCUT2D eigenvalue weighted by Crippen LogP contribution is -2.07. The molecule has 0 fully saturated rings. The Balaban J connectivity index is 2.85. The highest BCUT2D eigenvalue weighted by Crippen LogP contribution is 2.27. The zero-order valence-corrected chi connectivity index (χ0v) is 13.6. The van der Waals surface area contributed by atoms with E-state index in [0.717, 1.165) is 19.3 Å². The number of ketones is 1. The molecule has 0 aliphatic heterocycles. The number of pyridine rings is 1. The van der Waals surface area contributed by atoms with Crippen molar-refractivity contribution in [3.05, 3.63) is 24.0 Å². The molecule has 0 bridgehead atoms. The third-order valence-corrected chi connectivity index (χ3v) is 2.83. The largest absolute Gasteiger partial charge is 0.423 e. The van der Waals surface area contributed by atoms with Crippen molar-refractivity contribution in [3.8, 4) is 11.5 Å². The van der Waals surface area contributed by atoms with Crippen LogP contribution < -0.4 is 9.47 Å². The second kappa shape index (κ2) is 9.50. The van der Waals surface area contributed by atoms with E-state index in [2.05, 4.69) is 11.9 Å². The lowest BCUT2D eigenvalue weighted by Gasteiger charge is -2.08. The van der Waals surface area contributed by atoms with Gasteiger partial charge in [0.25, 0.3) is 0 Å². The van der Waals surface area contributed by atoms with Crippen LogP contribution in [0.25, 0.3) is 6.08 Å². The van der Waals surface area contributed by atoms with Crippen LogP contribution in [-0.2, 0) is 14.4 Å². The molecule has 0 unspecified atom stereocenters. The highest BCUT2D eigenvalue weighted by molar-refractivity contribution is 5.93. The second-order valence-electron chi connectivity index (χ2n) is 5.00. The van der Waals surface area contributed by atoms with E-state index < -0.39 is 11.9 Å². The third kappa shape index (κ3) is 7.35. The highest BCUT2D eigenvalue weighted by Gasteiger charge is 2.11. The highest BCUT2D eigenvalue weighted by atomic mass is 16.6. The van der Waals surface area contributed by atoms with Crippen molar-refractivity contribution in [3.63, 3.8) is 0 Å². The molecule has 0 aliphatic rings. The number of hydrogen-bond acceptors (Lipinski definition) is 6. The zero-order chi connectivity index (χ0) is 17.2. The van der Waals surface area contributed by atoms with Crippen molar-refractivity contribution >= 4 is 23.8 Å². The van der Waals surface area contributed by atoms with Gasteiger partial charge in [0.05, 0.1) is 11.9 Å². The van der Waals surface area contributed by atoms with Crippen LogP contribution in [0.4, 0.5) is 0 Å². The van der Waals surface area contributed by atoms with Gasteiger partial charge in [-0.25, -0.2) is 0 Å². The number of hydrogen-bond donors (Lipinski definition) is 0. The van der Waals surface area contributed by atoms with Gasteiger partial charge >= 0.3 is 11.9 Å². The normalized spacial score (nSPS) is 10.6. The van der Waals surface area contributed by atoms with E-state index in [4.69, 9.17) is 9.47 Å². The lowest BCUT2D eigenvalue weighted by atomic mass is 10.1. The van der Waals surface area contributed by atoms with Gasteiger partial charge in [0.1, 0.15) is 0 Å². The van der Waals surface area contributed by atoms with Gasteiger partial charge in [0, 0.05) is 26.3 Å². The van der Waals surface area contributed by atoms with E-state index in [1.165, 1.54) is 32.2 Å². The maximum Gasteiger partial charge on any atom is 0.308 e. The maximum absolute atomic E-state index is 11.7. The SMILES string of the molecule is CCCCCC(=O)/C=C/c1cc(OC(C)=O)c(OC(C)=O)cn1. The van der Waals surface area contributed by atoms with Gasteiger partial charge in [-0.3, -0.25) is 19.4 Å². The fraction of sp³-hybridized carbons (Fsp3) is 0.412. The third-order valence-electron chi connectivity index (χ3n) is 2.83. The Morgan fingerprint density at radius 2 is 1.74 bits per heavy atom. The summed E-state index contributed by atoms with van der Waals surface area (Å²) < 4.78 is 9.92. The Morgan fingerprint density at radius 3 is 2.35 bits per heavy atom. The monoisotopic (exact) mass is 319 g/mol. The van der Waals surface area contributed by atoms with Gasteiger partial charge in [-0.1, -0.05) is 19.8 Å². The Kier molecular flexibility index (Phi) is 7.66. The van der Waals surface area contributed by atoms with E-state index in [9.17, 15) is 14.4 Å². The molecule has 0 amide bonds. The summed E-state index contributed by atoms with van der Waals surface area (Å²) in [6.45, 7) is 4.55. The van der Waals surface area contributed by atoms with Crippen molar-refractivity contribution in [2.24, 2.45) is 0 Å². The topological polar surface area (TPSA) is 82.6 Å². The molecule has 0 saturated carbocycles. The molecule has 6 nitrogen and oxygen atoms in total. The molecule has 0 spiro atoms. The number of nitrogens with zero attached hydrogens (tertiary/aromatic N) is 1. The quantitative estimate of drug-likeness (QED) is 0.416. The molecule has 23 heavy (non-hydrogen) atoms. The molecule has 1 aromatic heterocycles. The van der Waals surface area contributed by atoms with Crippen molar-refractivity contribution in [1.29, 1.82) is 0 Å². The van der Waals surface area contributed by atoms with E-state index in [1.807, 2.05) is 0 Å². The number of rotatable bonds is 8. The minimum Gasteiger partial charge on any atom is -0.423 e. The van der Waals surface area contributed by atoms with Gasteiger partial charge in [-0.05, 0) is 18.6 Å². The maximum atomic E-state index is 11.7. The minimum absolute atomic E-state index is 0.0124. The number of aromatic nitrogens is 1. The average molecular weight is 319 g/mol. The molecule has 0 aliphatic carbocycles. The summed E-state index contributed by atoms with van der Waals surface area (Å²) in [4.78, 5) is 37.9. The number of esters is 2. The van der Waals surface area contributed by atoms with Crippen molar-refractivity contribution in [2.45, 2.75) is 46.5 Å². The van der Waals surface area contributed by atoms with Gasteiger partial charge in [-0.2, -0.15) is 0 Å². The summed E-state index contributed by atoms with van der Waals surface area (Å²) in [6, 6.07) is 1.44. The van der Waals surface area contributed by atoms with Gasteiger partial charge in [0.15, 0.2) is 17.3 Å². The summed E-state index contributed by atoms with van der Waals surface area (Å²) in [5.74, 6) is -0.942. The minimum atomic E-state index is -0.547. The van der Waals surface area contributed by atoms with Crippen molar-refractivity contribution in [1.82, 2.24) is 4.98 Å². The van der Waals surface area contributed by atoms with Crippen LogP contribution >= 0.6 is 0 Å². The zero-order valence-electron chi connectivity index (χ0n) is 13.6. The molecule has 0 N–H and O–H groups in total. The van der Waals surface area contributed by atoms with Gasteiger partial charge < -0.3 is 9.47 Å². The summed E-state index contributed by atoms with van der Waals surface area (Å²) in [6.07, 6.45) is 7.69. The van der Waals surface area contributed by atoms with Crippen LogP contribution in [-0.4, -0.2) is 22.7 Å². The predicted molar refractivity (Wildman–Crippen MR) is 85.0 cm³/mol. The molecular weight excluding hydrogens is 298 g/mol. The first kappa shape index (κ1) is 18.5. The van der Waals surface area contributed by atoms with E-state index in [-0.39, 0.29) is 17.3 Å². The molecule has 0 atom stereocenters. The number of carbonyl (C=O) groups excluding carboxylic acids is 3.